The Morgan fingerprint density at radius 3 is 2.14 bits per heavy atom. The van der Waals surface area contributed by atoms with Crippen LogP contribution in [0.3, 0.4) is 0 Å². The van der Waals surface area contributed by atoms with E-state index in [0.29, 0.717) is 21.1 Å². The SMILES string of the molecule is O=C(Oc1c(C#CSI)cc(C(F)(F)F)cc1C(F)(F)F)N(c1ccc(F)c(Cl)c1F)C(O)(O)O. The van der Waals surface area contributed by atoms with E-state index in [1.54, 1.807) is 0 Å². The monoisotopic (exact) mass is 663 g/mol. The molecule has 0 saturated carbocycles. The number of hydrogen-bond acceptors (Lipinski definition) is 6. The standard InChI is InChI=1S/C18H7ClF8INO5S/c19-12-10(20)1-2-11(13(12)21)29(18(31,32)33)15(30)34-14-7(3-4-35-28)5-8(16(22,23)24)6-9(14)17(25,26)27/h1-2,5-6,31-33H. The van der Waals surface area contributed by atoms with E-state index >= 15 is 0 Å². The van der Waals surface area contributed by atoms with Gasteiger partial charge in [0, 0.05) is 21.2 Å². The van der Waals surface area contributed by atoms with Gasteiger partial charge in [-0.1, -0.05) is 17.5 Å². The number of carbonyl (C=O) groups is 1. The van der Waals surface area contributed by atoms with Crippen molar-refractivity contribution in [2.75, 3.05) is 4.90 Å². The lowest BCUT2D eigenvalue weighted by Gasteiger charge is -2.30. The summed E-state index contributed by atoms with van der Waals surface area (Å²) in [5.41, 5.74) is -6.49. The van der Waals surface area contributed by atoms with Crippen LogP contribution in [0.15, 0.2) is 24.3 Å². The van der Waals surface area contributed by atoms with E-state index in [-0.39, 0.29) is 6.07 Å². The number of alkyl halides is 6. The first-order valence-electron chi connectivity index (χ1n) is 8.33. The zero-order chi connectivity index (χ0) is 26.9. The molecule has 2 aromatic carbocycles. The maximum atomic E-state index is 14.4. The molecule has 2 rings (SSSR count). The summed E-state index contributed by atoms with van der Waals surface area (Å²) >= 11 is 6.86. The van der Waals surface area contributed by atoms with Gasteiger partial charge in [-0.25, -0.2) is 13.6 Å². The molecule has 2 aromatic rings. The molecule has 0 radical (unpaired) electrons. The third kappa shape index (κ3) is 6.80. The van der Waals surface area contributed by atoms with E-state index in [4.69, 9.17) is 11.6 Å². The van der Waals surface area contributed by atoms with Gasteiger partial charge in [0.15, 0.2) is 11.6 Å². The molecular weight excluding hydrogens is 657 g/mol. The molecule has 35 heavy (non-hydrogen) atoms. The minimum absolute atomic E-state index is 0.113. The topological polar surface area (TPSA) is 90.2 Å². The number of benzene rings is 2. The molecule has 0 atom stereocenters. The second-order valence-electron chi connectivity index (χ2n) is 6.20. The Balaban J connectivity index is 2.77. The fourth-order valence-electron chi connectivity index (χ4n) is 2.48. The first-order valence-corrected chi connectivity index (χ1v) is 12.1. The van der Waals surface area contributed by atoms with Gasteiger partial charge in [-0.05, 0) is 38.5 Å². The molecule has 0 unspecified atom stereocenters. The molecule has 0 bridgehead atoms. The molecule has 3 N–H and O–H groups in total. The maximum Gasteiger partial charge on any atom is 0.426 e. The van der Waals surface area contributed by atoms with Crippen LogP contribution in [-0.4, -0.2) is 27.5 Å². The molecule has 0 aromatic heterocycles. The molecule has 1 amide bonds. The normalized spacial score (nSPS) is 12.1. The maximum absolute atomic E-state index is 14.4. The van der Waals surface area contributed by atoms with Crippen LogP contribution in [0.5, 0.6) is 5.75 Å². The Labute approximate surface area is 211 Å². The van der Waals surface area contributed by atoms with Crippen molar-refractivity contribution < 1.29 is 60.0 Å². The van der Waals surface area contributed by atoms with Crippen molar-refractivity contribution in [3.05, 3.63) is 57.6 Å². The van der Waals surface area contributed by atoms with Crippen molar-refractivity contribution in [3.63, 3.8) is 0 Å². The zero-order valence-corrected chi connectivity index (χ0v) is 19.8. The summed E-state index contributed by atoms with van der Waals surface area (Å²) in [4.78, 5) is 11.8. The highest BCUT2D eigenvalue weighted by atomic mass is 127. The quantitative estimate of drug-likeness (QED) is 0.130. The number of anilines is 1. The van der Waals surface area contributed by atoms with Gasteiger partial charge in [0.1, 0.15) is 16.4 Å². The van der Waals surface area contributed by atoms with Gasteiger partial charge >= 0.3 is 24.5 Å². The van der Waals surface area contributed by atoms with E-state index < -0.39 is 80.3 Å². The second kappa shape index (κ2) is 10.5. The number of ether oxygens (including phenoxy) is 1. The van der Waals surface area contributed by atoms with Crippen molar-refractivity contribution in [2.45, 2.75) is 18.4 Å². The number of amides is 1. The first kappa shape index (κ1) is 29.2. The van der Waals surface area contributed by atoms with Crippen LogP contribution in [-0.2, 0) is 12.4 Å². The number of nitrogens with zero attached hydrogens (tertiary/aromatic N) is 1. The fourth-order valence-corrected chi connectivity index (χ4v) is 3.12. The molecule has 0 spiro atoms. The van der Waals surface area contributed by atoms with E-state index in [2.05, 4.69) is 9.99 Å². The minimum atomic E-state index is -5.57. The Morgan fingerprint density at radius 1 is 1.06 bits per heavy atom. The smallest absolute Gasteiger partial charge is 0.408 e. The van der Waals surface area contributed by atoms with Crippen molar-refractivity contribution in [3.8, 4) is 16.9 Å². The lowest BCUT2D eigenvalue weighted by molar-refractivity contribution is -0.305. The number of halogens is 10. The average Bonchev–Trinajstić information content (AvgIpc) is 2.70. The van der Waals surface area contributed by atoms with Crippen molar-refractivity contribution in [2.24, 2.45) is 0 Å². The number of rotatable bonds is 3. The summed E-state index contributed by atoms with van der Waals surface area (Å²) in [7, 11) is 0.639. The first-order chi connectivity index (χ1) is 15.9. The summed E-state index contributed by atoms with van der Waals surface area (Å²) in [5.74, 6) is -3.01. The summed E-state index contributed by atoms with van der Waals surface area (Å²) in [6, 6.07) is 0.427. The van der Waals surface area contributed by atoms with Gasteiger partial charge < -0.3 is 20.1 Å². The molecular formula is C18H7ClF8INO5S. The highest BCUT2D eigenvalue weighted by Gasteiger charge is 2.44. The number of aliphatic hydroxyl groups is 3. The third-order valence-electron chi connectivity index (χ3n) is 3.87. The molecule has 0 aliphatic rings. The molecule has 0 aliphatic carbocycles. The van der Waals surface area contributed by atoms with Crippen molar-refractivity contribution in [1.82, 2.24) is 0 Å². The zero-order valence-electron chi connectivity index (χ0n) is 16.1. The molecule has 0 fully saturated rings. The van der Waals surface area contributed by atoms with E-state index in [1.165, 1.54) is 21.2 Å². The Morgan fingerprint density at radius 2 is 1.66 bits per heavy atom. The molecule has 0 heterocycles. The molecule has 190 valence electrons. The van der Waals surface area contributed by atoms with Gasteiger partial charge in [0.25, 0.3) is 0 Å². The summed E-state index contributed by atoms with van der Waals surface area (Å²) in [6.07, 6.45) is -17.6. The van der Waals surface area contributed by atoms with Gasteiger partial charge in [0.2, 0.25) is 0 Å². The molecule has 0 saturated heterocycles. The predicted octanol–water partition coefficient (Wildman–Crippen LogP) is 5.64. The van der Waals surface area contributed by atoms with Crippen LogP contribution in [0.2, 0.25) is 5.02 Å². The van der Waals surface area contributed by atoms with Crippen molar-refractivity contribution in [1.29, 1.82) is 0 Å². The predicted molar refractivity (Wildman–Crippen MR) is 114 cm³/mol. The Kier molecular flexibility index (Phi) is 8.78. The molecule has 17 heteroatoms. The van der Waals surface area contributed by atoms with Gasteiger partial charge in [-0.3, -0.25) is 0 Å². The number of carbonyl (C=O) groups excluding carboxylic acids is 1. The lowest BCUT2D eigenvalue weighted by atomic mass is 10.0. The van der Waals surface area contributed by atoms with Crippen LogP contribution in [0.1, 0.15) is 16.7 Å². The minimum Gasteiger partial charge on any atom is -0.408 e. The van der Waals surface area contributed by atoms with Crippen LogP contribution in [0, 0.1) is 22.8 Å². The highest BCUT2D eigenvalue weighted by molar-refractivity contribution is 14.2. The van der Waals surface area contributed by atoms with E-state index in [1.807, 2.05) is 5.92 Å². The third-order valence-corrected chi connectivity index (χ3v) is 5.06. The van der Waals surface area contributed by atoms with Crippen LogP contribution in [0.25, 0.3) is 0 Å². The van der Waals surface area contributed by atoms with Crippen LogP contribution in [0.4, 0.5) is 45.6 Å². The Hall–Kier alpha value is -2.04. The Bertz CT molecular complexity index is 1210. The van der Waals surface area contributed by atoms with Crippen LogP contribution >= 0.6 is 41.7 Å². The molecule has 0 aliphatic heterocycles. The highest BCUT2D eigenvalue weighted by Crippen LogP contribution is 2.43. The van der Waals surface area contributed by atoms with Crippen LogP contribution < -0.4 is 9.64 Å². The summed E-state index contributed by atoms with van der Waals surface area (Å²) < 4.78 is 112. The summed E-state index contributed by atoms with van der Waals surface area (Å²) in [6.45, 7) is 0. The van der Waals surface area contributed by atoms with Gasteiger partial charge in [-0.2, -0.15) is 31.2 Å². The second-order valence-corrected chi connectivity index (χ2v) is 8.26. The summed E-state index contributed by atoms with van der Waals surface area (Å²) in [5, 5.41) is 29.2. The van der Waals surface area contributed by atoms with Crippen molar-refractivity contribution >= 4 is 53.5 Å². The fraction of sp³-hybridized carbons (Fsp3) is 0.167. The lowest BCUT2D eigenvalue weighted by Crippen LogP contribution is -2.54. The van der Waals surface area contributed by atoms with E-state index in [0.717, 1.165) is 0 Å². The van der Waals surface area contributed by atoms with Gasteiger partial charge in [-0.15, -0.1) is 0 Å². The van der Waals surface area contributed by atoms with E-state index in [9.17, 15) is 55.2 Å². The largest absolute Gasteiger partial charge is 0.426 e. The number of hydrogen-bond donors (Lipinski definition) is 3. The van der Waals surface area contributed by atoms with Gasteiger partial charge in [0.05, 0.1) is 16.8 Å². The average molecular weight is 664 g/mol. The molecule has 6 nitrogen and oxygen atoms in total.